The first-order valence-electron chi connectivity index (χ1n) is 6.96. The van der Waals surface area contributed by atoms with Crippen molar-refractivity contribution in [3.05, 3.63) is 11.4 Å². The molecule has 0 heterocycles. The Kier molecular flexibility index (Phi) is 5.45. The zero-order chi connectivity index (χ0) is 15.6. The van der Waals surface area contributed by atoms with Gasteiger partial charge in [0.15, 0.2) is 0 Å². The number of alkyl carbamates (subject to hydrolysis) is 1. The fourth-order valence-electron chi connectivity index (χ4n) is 2.08. The lowest BCUT2D eigenvalue weighted by molar-refractivity contribution is 0.0514. The van der Waals surface area contributed by atoms with E-state index in [0.717, 1.165) is 11.7 Å². The van der Waals surface area contributed by atoms with Crippen LogP contribution in [0, 0.1) is 0 Å². The van der Waals surface area contributed by atoms with Crippen LogP contribution in [0.5, 0.6) is 0 Å². The Morgan fingerprint density at radius 1 is 1.45 bits per heavy atom. The summed E-state index contributed by atoms with van der Waals surface area (Å²) in [6, 6.07) is -0.135. The molecule has 1 aliphatic rings. The lowest BCUT2D eigenvalue weighted by Gasteiger charge is -2.21. The first-order chi connectivity index (χ1) is 8.99. The maximum Gasteiger partial charge on any atom is 0.408 e. The van der Waals surface area contributed by atoms with Gasteiger partial charge in [-0.05, 0) is 47.5 Å². The first kappa shape index (κ1) is 17.3. The Balaban J connectivity index is 2.61. The van der Waals surface area contributed by atoms with E-state index in [0.29, 0.717) is 6.42 Å². The lowest BCUT2D eigenvalue weighted by Crippen LogP contribution is -2.37. The monoisotopic (exact) mass is 303 g/mol. The van der Waals surface area contributed by atoms with E-state index in [2.05, 4.69) is 5.32 Å². The summed E-state index contributed by atoms with van der Waals surface area (Å²) in [4.78, 5) is 11.7. The SMILES string of the molecule is CC(C)OP(C)(=O)C1=CC(NC(=O)OC(C)(C)C)CC1. The van der Waals surface area contributed by atoms with Gasteiger partial charge in [0.2, 0.25) is 7.37 Å². The van der Waals surface area contributed by atoms with Gasteiger partial charge in [0, 0.05) is 12.0 Å². The van der Waals surface area contributed by atoms with Gasteiger partial charge in [0.25, 0.3) is 0 Å². The maximum atomic E-state index is 12.5. The van der Waals surface area contributed by atoms with Crippen LogP contribution in [0.1, 0.15) is 47.5 Å². The number of amides is 1. The summed E-state index contributed by atoms with van der Waals surface area (Å²) < 4.78 is 23.2. The van der Waals surface area contributed by atoms with Gasteiger partial charge < -0.3 is 14.6 Å². The van der Waals surface area contributed by atoms with E-state index in [1.165, 1.54) is 0 Å². The van der Waals surface area contributed by atoms with Crippen molar-refractivity contribution in [1.29, 1.82) is 0 Å². The van der Waals surface area contributed by atoms with Crippen molar-refractivity contribution in [2.45, 2.75) is 65.2 Å². The van der Waals surface area contributed by atoms with Gasteiger partial charge in [-0.15, -0.1) is 0 Å². The van der Waals surface area contributed by atoms with Crippen molar-refractivity contribution in [2.24, 2.45) is 0 Å². The van der Waals surface area contributed by atoms with Gasteiger partial charge in [0.05, 0.1) is 12.1 Å². The summed E-state index contributed by atoms with van der Waals surface area (Å²) in [6.45, 7) is 10.8. The van der Waals surface area contributed by atoms with Crippen LogP contribution < -0.4 is 5.32 Å². The largest absolute Gasteiger partial charge is 0.444 e. The van der Waals surface area contributed by atoms with E-state index in [-0.39, 0.29) is 12.1 Å². The Bertz CT molecular complexity index is 437. The van der Waals surface area contributed by atoms with E-state index < -0.39 is 19.1 Å². The highest BCUT2D eigenvalue weighted by Crippen LogP contribution is 2.56. The van der Waals surface area contributed by atoms with Crippen molar-refractivity contribution < 1.29 is 18.6 Å². The number of allylic oxidation sites excluding steroid dienone is 1. The number of rotatable bonds is 4. The standard InChI is InChI=1S/C14H26NO4P/c1-10(2)19-20(6,17)12-8-7-11(9-12)15-13(16)18-14(3,4)5/h9-11H,7-8H2,1-6H3,(H,15,16). The molecule has 2 atom stereocenters. The van der Waals surface area contributed by atoms with Crippen LogP contribution in [0.4, 0.5) is 4.79 Å². The van der Waals surface area contributed by atoms with Crippen LogP contribution in [-0.4, -0.2) is 30.5 Å². The summed E-state index contributed by atoms with van der Waals surface area (Å²) in [6.07, 6.45) is 2.72. The predicted molar refractivity (Wildman–Crippen MR) is 80.2 cm³/mol. The lowest BCUT2D eigenvalue weighted by atomic mass is 10.2. The summed E-state index contributed by atoms with van der Waals surface area (Å²) in [5, 5.41) is 3.57. The number of carbonyl (C=O) groups excluding carboxylic acids is 1. The van der Waals surface area contributed by atoms with E-state index in [1.807, 2.05) is 40.7 Å². The molecule has 1 amide bonds. The fraction of sp³-hybridized carbons (Fsp3) is 0.786. The van der Waals surface area contributed by atoms with Gasteiger partial charge in [0.1, 0.15) is 5.60 Å². The Morgan fingerprint density at radius 3 is 2.55 bits per heavy atom. The maximum absolute atomic E-state index is 12.5. The molecule has 0 aromatic rings. The van der Waals surface area contributed by atoms with Crippen LogP contribution in [0.2, 0.25) is 0 Å². The third kappa shape index (κ3) is 5.68. The van der Waals surface area contributed by atoms with E-state index in [1.54, 1.807) is 6.66 Å². The Hall–Kier alpha value is -0.800. The molecular formula is C14H26NO4P. The zero-order valence-electron chi connectivity index (χ0n) is 13.2. The Morgan fingerprint density at radius 2 is 2.05 bits per heavy atom. The van der Waals surface area contributed by atoms with Crippen molar-refractivity contribution in [3.63, 3.8) is 0 Å². The minimum atomic E-state index is -2.75. The van der Waals surface area contributed by atoms with Gasteiger partial charge in [-0.3, -0.25) is 4.57 Å². The van der Waals surface area contributed by atoms with Crippen molar-refractivity contribution in [2.75, 3.05) is 6.66 Å². The van der Waals surface area contributed by atoms with Gasteiger partial charge in [-0.2, -0.15) is 0 Å². The molecule has 0 spiro atoms. The smallest absolute Gasteiger partial charge is 0.408 e. The molecule has 0 aromatic heterocycles. The quantitative estimate of drug-likeness (QED) is 0.800. The van der Waals surface area contributed by atoms with Crippen LogP contribution in [0.25, 0.3) is 0 Å². The minimum absolute atomic E-state index is 0.0791. The molecule has 1 rings (SSSR count). The van der Waals surface area contributed by atoms with Crippen molar-refractivity contribution >= 4 is 13.5 Å². The average molecular weight is 303 g/mol. The van der Waals surface area contributed by atoms with Gasteiger partial charge >= 0.3 is 6.09 Å². The second-order valence-electron chi connectivity index (χ2n) is 6.45. The molecule has 0 aromatic carbocycles. The van der Waals surface area contributed by atoms with E-state index >= 15 is 0 Å². The number of carbonyl (C=O) groups is 1. The van der Waals surface area contributed by atoms with Crippen LogP contribution in [-0.2, 0) is 13.8 Å². The highest BCUT2D eigenvalue weighted by molar-refractivity contribution is 7.62. The second-order valence-corrected chi connectivity index (χ2v) is 8.93. The molecule has 0 saturated carbocycles. The molecule has 1 aliphatic carbocycles. The number of hydrogen-bond donors (Lipinski definition) is 1. The van der Waals surface area contributed by atoms with Crippen LogP contribution in [0.15, 0.2) is 11.4 Å². The normalized spacial score (nSPS) is 22.4. The van der Waals surface area contributed by atoms with Crippen molar-refractivity contribution in [1.82, 2.24) is 5.32 Å². The van der Waals surface area contributed by atoms with Crippen LogP contribution >= 0.6 is 7.37 Å². The number of nitrogens with one attached hydrogen (secondary N) is 1. The molecule has 1 N–H and O–H groups in total. The van der Waals surface area contributed by atoms with Crippen LogP contribution in [0.3, 0.4) is 0 Å². The molecule has 116 valence electrons. The predicted octanol–water partition coefficient (Wildman–Crippen LogP) is 3.89. The molecule has 20 heavy (non-hydrogen) atoms. The second kappa shape index (κ2) is 6.31. The first-order valence-corrected chi connectivity index (χ1v) is 9.03. The van der Waals surface area contributed by atoms with Crippen molar-refractivity contribution in [3.8, 4) is 0 Å². The number of ether oxygens (including phenoxy) is 1. The molecule has 5 nitrogen and oxygen atoms in total. The topological polar surface area (TPSA) is 64.6 Å². The summed E-state index contributed by atoms with van der Waals surface area (Å²) in [5.41, 5.74) is -0.518. The van der Waals surface area contributed by atoms with Gasteiger partial charge in [-0.1, -0.05) is 6.08 Å². The zero-order valence-corrected chi connectivity index (χ0v) is 14.1. The molecule has 6 heteroatoms. The summed E-state index contributed by atoms with van der Waals surface area (Å²) in [5.74, 6) is 0. The third-order valence-electron chi connectivity index (χ3n) is 2.74. The molecule has 0 aliphatic heterocycles. The Labute approximate surface area is 121 Å². The van der Waals surface area contributed by atoms with Gasteiger partial charge in [-0.25, -0.2) is 4.79 Å². The average Bonchev–Trinajstić information content (AvgIpc) is 2.60. The fourth-order valence-corrected chi connectivity index (χ4v) is 4.01. The molecule has 0 fully saturated rings. The summed E-state index contributed by atoms with van der Waals surface area (Å²) in [7, 11) is -2.75. The highest BCUT2D eigenvalue weighted by Gasteiger charge is 2.30. The molecule has 0 saturated heterocycles. The molecule has 0 radical (unpaired) electrons. The number of hydrogen-bond acceptors (Lipinski definition) is 4. The molecule has 0 bridgehead atoms. The summed E-state index contributed by atoms with van der Waals surface area (Å²) >= 11 is 0. The minimum Gasteiger partial charge on any atom is -0.444 e. The third-order valence-corrected chi connectivity index (χ3v) is 4.98. The molecular weight excluding hydrogens is 277 g/mol. The highest BCUT2D eigenvalue weighted by atomic mass is 31.2. The van der Waals surface area contributed by atoms with E-state index in [4.69, 9.17) is 9.26 Å². The molecule has 2 unspecified atom stereocenters. The van der Waals surface area contributed by atoms with E-state index in [9.17, 15) is 9.36 Å².